The molecule has 0 unspecified atom stereocenters. The van der Waals surface area contributed by atoms with E-state index in [1.807, 2.05) is 36.4 Å². The Labute approximate surface area is 162 Å². The van der Waals surface area contributed by atoms with Crippen LogP contribution in [-0.4, -0.2) is 9.78 Å². The normalized spacial score (nSPS) is 10.9. The van der Waals surface area contributed by atoms with Gasteiger partial charge in [0.2, 0.25) is 0 Å². The van der Waals surface area contributed by atoms with Gasteiger partial charge in [-0.05, 0) is 54.2 Å². The summed E-state index contributed by atoms with van der Waals surface area (Å²) in [5, 5.41) is 6.53. The van der Waals surface area contributed by atoms with E-state index in [1.165, 1.54) is 11.3 Å². The Bertz CT molecular complexity index is 888. The predicted octanol–water partition coefficient (Wildman–Crippen LogP) is 6.92. The van der Waals surface area contributed by atoms with Gasteiger partial charge in [-0.3, -0.25) is 0 Å². The Kier molecular flexibility index (Phi) is 5.67. The van der Waals surface area contributed by atoms with Crippen molar-refractivity contribution >= 4 is 70.1 Å². The van der Waals surface area contributed by atoms with Gasteiger partial charge >= 0.3 is 0 Å². The van der Waals surface area contributed by atoms with Crippen molar-refractivity contribution in [3.8, 4) is 5.69 Å². The van der Waals surface area contributed by atoms with E-state index < -0.39 is 0 Å². The summed E-state index contributed by atoms with van der Waals surface area (Å²) < 4.78 is 3.32. The van der Waals surface area contributed by atoms with E-state index in [1.54, 1.807) is 22.5 Å². The van der Waals surface area contributed by atoms with Crippen LogP contribution in [0.4, 0.5) is 0 Å². The smallest absolute Gasteiger partial charge is 0.184 e. The van der Waals surface area contributed by atoms with E-state index in [4.69, 9.17) is 47.0 Å². The van der Waals surface area contributed by atoms with Crippen LogP contribution in [0.15, 0.2) is 46.8 Å². The quantitative estimate of drug-likeness (QED) is 0.338. The molecule has 0 spiro atoms. The van der Waals surface area contributed by atoms with Crippen molar-refractivity contribution in [3.05, 3.63) is 67.1 Å². The first-order chi connectivity index (χ1) is 11.0. The zero-order valence-corrected chi connectivity index (χ0v) is 16.2. The van der Waals surface area contributed by atoms with Gasteiger partial charge in [0, 0.05) is 20.8 Å². The van der Waals surface area contributed by atoms with Crippen LogP contribution < -0.4 is 0 Å². The molecule has 0 saturated carbocycles. The van der Waals surface area contributed by atoms with E-state index in [0.29, 0.717) is 24.8 Å². The van der Waals surface area contributed by atoms with Gasteiger partial charge in [0.05, 0.1) is 5.69 Å². The number of hydrogen-bond acceptors (Lipinski definition) is 4. The van der Waals surface area contributed by atoms with Crippen LogP contribution in [0.1, 0.15) is 5.56 Å². The van der Waals surface area contributed by atoms with Gasteiger partial charge in [0.1, 0.15) is 0 Å². The van der Waals surface area contributed by atoms with Gasteiger partial charge in [-0.15, -0.1) is 5.10 Å². The molecular formula is C15H9Cl3N2S3. The summed E-state index contributed by atoms with van der Waals surface area (Å²) >= 11 is 26.5. The molecule has 8 heteroatoms. The highest BCUT2D eigenvalue weighted by Crippen LogP contribution is 2.30. The molecule has 23 heavy (non-hydrogen) atoms. The first-order valence-electron chi connectivity index (χ1n) is 6.46. The average molecular weight is 420 g/mol. The van der Waals surface area contributed by atoms with E-state index >= 15 is 0 Å². The number of thioether (sulfide) groups is 1. The second-order valence-corrected chi connectivity index (χ2v) is 8.67. The van der Waals surface area contributed by atoms with Crippen LogP contribution >= 0.6 is 70.1 Å². The van der Waals surface area contributed by atoms with Gasteiger partial charge in [-0.25, -0.2) is 4.68 Å². The largest absolute Gasteiger partial charge is 0.211 e. The highest BCUT2D eigenvalue weighted by Gasteiger charge is 2.08. The van der Waals surface area contributed by atoms with E-state index in [2.05, 4.69) is 5.10 Å². The van der Waals surface area contributed by atoms with Crippen LogP contribution in [0.2, 0.25) is 15.1 Å². The van der Waals surface area contributed by atoms with Gasteiger partial charge < -0.3 is 0 Å². The Hall–Kier alpha value is -0.560. The summed E-state index contributed by atoms with van der Waals surface area (Å²) in [6, 6.07) is 12.9. The highest BCUT2D eigenvalue weighted by atomic mass is 35.5. The van der Waals surface area contributed by atoms with Crippen molar-refractivity contribution < 1.29 is 0 Å². The molecule has 2 aromatic carbocycles. The lowest BCUT2D eigenvalue weighted by Crippen LogP contribution is -1.95. The third kappa shape index (κ3) is 4.29. The molecule has 0 radical (unpaired) electrons. The summed E-state index contributed by atoms with van der Waals surface area (Å²) in [5.41, 5.74) is 1.91. The lowest BCUT2D eigenvalue weighted by atomic mass is 10.2. The fraction of sp³-hybridized carbons (Fsp3) is 0.0667. The first kappa shape index (κ1) is 17.3. The summed E-state index contributed by atoms with van der Waals surface area (Å²) in [5.74, 6) is 0.707. The molecule has 0 fully saturated rings. The predicted molar refractivity (Wildman–Crippen MR) is 103 cm³/mol. The standard InChI is InChI=1S/C15H9Cl3N2S3/c16-10-3-5-12(6-4-10)20-15(21)23-14(19-20)22-8-9-1-2-11(17)7-13(9)18/h1-7H,8H2. The first-order valence-corrected chi connectivity index (χ1v) is 9.80. The molecular weight excluding hydrogens is 411 g/mol. The van der Waals surface area contributed by atoms with Crippen molar-refractivity contribution in [2.45, 2.75) is 10.1 Å². The summed E-state index contributed by atoms with van der Waals surface area (Å²) in [6.45, 7) is 0. The van der Waals surface area contributed by atoms with Crippen molar-refractivity contribution in [2.75, 3.05) is 0 Å². The molecule has 1 heterocycles. The zero-order valence-electron chi connectivity index (χ0n) is 11.5. The molecule has 0 aliphatic carbocycles. The van der Waals surface area contributed by atoms with E-state index in [0.717, 1.165) is 15.6 Å². The molecule has 0 aliphatic rings. The maximum absolute atomic E-state index is 6.19. The number of halogens is 3. The molecule has 3 aromatic rings. The molecule has 0 N–H and O–H groups in total. The second kappa shape index (κ2) is 7.55. The molecule has 0 atom stereocenters. The number of nitrogens with zero attached hydrogens (tertiary/aromatic N) is 2. The summed E-state index contributed by atoms with van der Waals surface area (Å²) in [4.78, 5) is 0. The van der Waals surface area contributed by atoms with Crippen molar-refractivity contribution in [3.63, 3.8) is 0 Å². The molecule has 0 saturated heterocycles. The molecule has 1 aromatic heterocycles. The summed E-state index contributed by atoms with van der Waals surface area (Å²) in [6.07, 6.45) is 0. The second-order valence-electron chi connectivity index (χ2n) is 4.55. The SMILES string of the molecule is S=c1sc(SCc2ccc(Cl)cc2Cl)nn1-c1ccc(Cl)cc1. The molecule has 0 aliphatic heterocycles. The van der Waals surface area contributed by atoms with Gasteiger partial charge in [-0.1, -0.05) is 64.0 Å². The topological polar surface area (TPSA) is 17.8 Å². The number of benzene rings is 2. The third-order valence-corrected chi connectivity index (χ3v) is 6.22. The van der Waals surface area contributed by atoms with E-state index in [-0.39, 0.29) is 0 Å². The number of rotatable bonds is 4. The van der Waals surface area contributed by atoms with Crippen LogP contribution in [0.25, 0.3) is 5.69 Å². The molecule has 0 amide bonds. The van der Waals surface area contributed by atoms with Gasteiger partial charge in [0.15, 0.2) is 8.29 Å². The molecule has 2 nitrogen and oxygen atoms in total. The Morgan fingerprint density at radius 2 is 1.74 bits per heavy atom. The van der Waals surface area contributed by atoms with E-state index in [9.17, 15) is 0 Å². The third-order valence-electron chi connectivity index (χ3n) is 2.97. The highest BCUT2D eigenvalue weighted by molar-refractivity contribution is 8.00. The van der Waals surface area contributed by atoms with Crippen LogP contribution in [0.5, 0.6) is 0 Å². The Balaban J connectivity index is 1.78. The minimum absolute atomic E-state index is 0.631. The van der Waals surface area contributed by atoms with Crippen molar-refractivity contribution in [1.82, 2.24) is 9.78 Å². The van der Waals surface area contributed by atoms with Gasteiger partial charge in [-0.2, -0.15) is 0 Å². The molecule has 118 valence electrons. The van der Waals surface area contributed by atoms with Gasteiger partial charge in [0.25, 0.3) is 0 Å². The Morgan fingerprint density at radius 1 is 1.04 bits per heavy atom. The number of aromatic nitrogens is 2. The zero-order chi connectivity index (χ0) is 16.4. The number of hydrogen-bond donors (Lipinski definition) is 0. The minimum atomic E-state index is 0.631. The monoisotopic (exact) mass is 418 g/mol. The molecule has 3 rings (SSSR count). The minimum Gasteiger partial charge on any atom is -0.211 e. The Morgan fingerprint density at radius 3 is 2.43 bits per heavy atom. The van der Waals surface area contributed by atoms with Crippen LogP contribution in [0, 0.1) is 3.95 Å². The van der Waals surface area contributed by atoms with Crippen LogP contribution in [0.3, 0.4) is 0 Å². The maximum Gasteiger partial charge on any atom is 0.184 e. The lowest BCUT2D eigenvalue weighted by Gasteiger charge is -2.03. The average Bonchev–Trinajstić information content (AvgIpc) is 2.88. The fourth-order valence-electron chi connectivity index (χ4n) is 1.84. The van der Waals surface area contributed by atoms with Crippen LogP contribution in [-0.2, 0) is 5.75 Å². The van der Waals surface area contributed by atoms with Crippen molar-refractivity contribution in [2.24, 2.45) is 0 Å². The fourth-order valence-corrected chi connectivity index (χ4v) is 4.89. The summed E-state index contributed by atoms with van der Waals surface area (Å²) in [7, 11) is 0. The lowest BCUT2D eigenvalue weighted by molar-refractivity contribution is 0.829. The molecule has 0 bridgehead atoms. The maximum atomic E-state index is 6.19. The van der Waals surface area contributed by atoms with Crippen molar-refractivity contribution in [1.29, 1.82) is 0 Å².